The number of aromatic nitrogens is 4. The number of nitrogens with one attached hydrogen (secondary N) is 4. The molecule has 3 aliphatic rings. The van der Waals surface area contributed by atoms with Crippen molar-refractivity contribution in [2.24, 2.45) is 0 Å². The fourth-order valence-corrected chi connectivity index (χ4v) is 9.57. The van der Waals surface area contributed by atoms with Crippen molar-refractivity contribution >= 4 is 40.3 Å². The number of aliphatic hydroxyl groups is 1. The molecule has 3 aromatic heterocycles. The second-order valence-corrected chi connectivity index (χ2v) is 16.7. The lowest BCUT2D eigenvalue weighted by molar-refractivity contribution is -0.134. The van der Waals surface area contributed by atoms with Crippen LogP contribution in [0, 0.1) is 0 Å². The Labute approximate surface area is 376 Å². The predicted octanol–water partition coefficient (Wildman–Crippen LogP) is 8.68. The number of carbonyl (C=O) groups is 3. The summed E-state index contributed by atoms with van der Waals surface area (Å²) in [6.07, 6.45) is 9.37. The smallest absolute Gasteiger partial charge is 0.407 e. The summed E-state index contributed by atoms with van der Waals surface area (Å²) in [4.78, 5) is 59.6. The van der Waals surface area contributed by atoms with Gasteiger partial charge in [-0.25, -0.2) is 19.6 Å². The summed E-state index contributed by atoms with van der Waals surface area (Å²) in [7, 11) is 2.61. The number of rotatable bonds is 13. The van der Waals surface area contributed by atoms with Crippen molar-refractivity contribution in [2.45, 2.75) is 82.3 Å². The fraction of sp³-hybridized carbons (Fsp3) is 0.340. The van der Waals surface area contributed by atoms with Crippen LogP contribution in [0.15, 0.2) is 108 Å². The largest absolute Gasteiger partial charge is 0.453 e. The molecule has 65 heavy (non-hydrogen) atoms. The van der Waals surface area contributed by atoms with E-state index >= 15 is 0 Å². The van der Waals surface area contributed by atoms with Crippen molar-refractivity contribution in [3.8, 4) is 11.3 Å². The first-order chi connectivity index (χ1) is 31.7. The number of amides is 3. The Morgan fingerprint density at radius 2 is 1.52 bits per heavy atom. The number of oxazole rings is 1. The Balaban J connectivity index is 0.902. The number of fused-ring (bicyclic) bond motifs is 1. The topological polar surface area (TPSA) is 191 Å². The van der Waals surface area contributed by atoms with Crippen LogP contribution >= 0.6 is 0 Å². The molecule has 9 rings (SSSR count). The van der Waals surface area contributed by atoms with Gasteiger partial charge in [-0.15, -0.1) is 0 Å². The number of nitrogens with zero attached hydrogens (tertiary/aromatic N) is 4. The van der Waals surface area contributed by atoms with Crippen LogP contribution in [0.25, 0.3) is 33.5 Å². The molecule has 3 aromatic carbocycles. The number of aryl methyl sites for hydroxylation is 1. The summed E-state index contributed by atoms with van der Waals surface area (Å²) in [6, 6.07) is 24.9. The third-order valence-electron chi connectivity index (χ3n) is 12.9. The van der Waals surface area contributed by atoms with Crippen LogP contribution in [0.4, 0.5) is 9.59 Å². The predicted molar refractivity (Wildman–Crippen MR) is 245 cm³/mol. The molecular weight excluding hydrogens is 825 g/mol. The van der Waals surface area contributed by atoms with Gasteiger partial charge in [0.2, 0.25) is 11.8 Å². The molecule has 336 valence electrons. The molecule has 2 saturated heterocycles. The molecule has 5 N–H and O–H groups in total. The Morgan fingerprint density at radius 3 is 2.25 bits per heavy atom. The number of hydrogen-bond donors (Lipinski definition) is 5. The van der Waals surface area contributed by atoms with E-state index in [1.165, 1.54) is 19.8 Å². The number of carbonyl (C=O) groups excluding carboxylic acids is 3. The molecule has 5 unspecified atom stereocenters. The Morgan fingerprint density at radius 1 is 0.831 bits per heavy atom. The number of aromatic amines is 2. The van der Waals surface area contributed by atoms with E-state index in [-0.39, 0.29) is 18.0 Å². The fourth-order valence-electron chi connectivity index (χ4n) is 9.57. The normalized spacial score (nSPS) is 19.0. The van der Waals surface area contributed by atoms with Gasteiger partial charge in [0.15, 0.2) is 5.58 Å². The first-order valence-electron chi connectivity index (χ1n) is 22.3. The molecule has 2 aliphatic heterocycles. The maximum absolute atomic E-state index is 14.2. The summed E-state index contributed by atoms with van der Waals surface area (Å²) in [5.41, 5.74) is 10.0. The molecule has 15 heteroatoms. The zero-order valence-electron chi connectivity index (χ0n) is 36.8. The minimum atomic E-state index is -1.02. The molecule has 0 radical (unpaired) electrons. The standard InChI is InChI=1S/C50H54N8O7/c1-4-30-27-36(52-42(30)39-17-11-25-57(39)47(59)43(55-49(61)63-2)32-13-7-5-8-14-32)31-19-21-34(22-20-31)46-54-37-28-35(23-24-41(37)65-46)38-29-51-45(53-38)40-18-12-26-58(40)48(60)44(56-50(62)64-3)33-15-9-6-10-16-33/h5-10,13-16,19,21,23-24,27-29,39-40,43-44,48,52,60H,4,11-12,17-18,20,22,25-26H2,1-3H3,(H,51,53)(H,55,61)(H,56,62). The molecule has 0 saturated carbocycles. The zero-order chi connectivity index (χ0) is 45.0. The number of alkyl carbamates (subject to hydrolysis) is 2. The first kappa shape index (κ1) is 43.3. The molecule has 6 aromatic rings. The summed E-state index contributed by atoms with van der Waals surface area (Å²) in [5, 5.41) is 17.3. The SMILES string of the molecule is CCc1cc(C2=CC=C(c3nc4cc(-c5cnc(C6CCCN6C(O)C(NC(=O)OC)c6ccccc6)[nH]5)ccc4o3)CC2)[nH]c1C1CCCN1C(=O)C(NC(=O)OC)c1ccccc1. The number of likely N-dealkylation sites (tertiary alicyclic amines) is 2. The van der Waals surface area contributed by atoms with Gasteiger partial charge in [0, 0.05) is 35.6 Å². The van der Waals surface area contributed by atoms with E-state index in [0.717, 1.165) is 95.6 Å². The minimum absolute atomic E-state index is 0.148. The number of allylic oxidation sites excluding steroid dienone is 4. The average molecular weight is 879 g/mol. The van der Waals surface area contributed by atoms with Gasteiger partial charge in [0.05, 0.1) is 44.2 Å². The summed E-state index contributed by atoms with van der Waals surface area (Å²) < 4.78 is 16.1. The lowest BCUT2D eigenvalue weighted by atomic mass is 9.96. The van der Waals surface area contributed by atoms with Gasteiger partial charge in [-0.1, -0.05) is 79.7 Å². The minimum Gasteiger partial charge on any atom is -0.453 e. The number of aliphatic hydroxyl groups excluding tert-OH is 1. The Hall–Kier alpha value is -6.97. The van der Waals surface area contributed by atoms with Crippen molar-refractivity contribution in [1.29, 1.82) is 0 Å². The maximum Gasteiger partial charge on any atom is 0.407 e. The highest BCUT2D eigenvalue weighted by Gasteiger charge is 2.39. The van der Waals surface area contributed by atoms with E-state index in [1.54, 1.807) is 6.20 Å². The van der Waals surface area contributed by atoms with Gasteiger partial charge in [0.1, 0.15) is 23.6 Å². The van der Waals surface area contributed by atoms with E-state index in [2.05, 4.69) is 45.7 Å². The third-order valence-corrected chi connectivity index (χ3v) is 12.9. The van der Waals surface area contributed by atoms with Crippen molar-refractivity contribution < 1.29 is 33.4 Å². The van der Waals surface area contributed by atoms with Crippen LogP contribution in [0.2, 0.25) is 0 Å². The van der Waals surface area contributed by atoms with Gasteiger partial charge in [-0.2, -0.15) is 0 Å². The summed E-state index contributed by atoms with van der Waals surface area (Å²) >= 11 is 0. The first-order valence-corrected chi connectivity index (χ1v) is 22.3. The number of benzene rings is 3. The van der Waals surface area contributed by atoms with Crippen molar-refractivity contribution in [1.82, 2.24) is 40.4 Å². The molecule has 0 bridgehead atoms. The molecule has 2 fully saturated rings. The van der Waals surface area contributed by atoms with Crippen LogP contribution in [-0.4, -0.2) is 86.5 Å². The molecule has 5 atom stereocenters. The summed E-state index contributed by atoms with van der Waals surface area (Å²) in [6.45, 7) is 3.36. The van der Waals surface area contributed by atoms with Gasteiger partial charge < -0.3 is 44.5 Å². The second-order valence-electron chi connectivity index (χ2n) is 16.7. The van der Waals surface area contributed by atoms with Crippen molar-refractivity contribution in [3.05, 3.63) is 143 Å². The molecule has 1 aliphatic carbocycles. The number of ether oxygens (including phenoxy) is 2. The maximum atomic E-state index is 14.2. The lowest BCUT2D eigenvalue weighted by Gasteiger charge is -2.34. The molecule has 5 heterocycles. The average Bonchev–Trinajstić information content (AvgIpc) is 4.22. The van der Waals surface area contributed by atoms with Crippen LogP contribution < -0.4 is 10.6 Å². The number of methoxy groups -OCH3 is 2. The van der Waals surface area contributed by atoms with Crippen molar-refractivity contribution in [2.75, 3.05) is 27.3 Å². The second kappa shape index (κ2) is 19.0. The van der Waals surface area contributed by atoms with Gasteiger partial charge >= 0.3 is 12.2 Å². The molecule has 0 spiro atoms. The van der Waals surface area contributed by atoms with Gasteiger partial charge in [-0.05, 0) is 91.5 Å². The monoisotopic (exact) mass is 878 g/mol. The zero-order valence-corrected chi connectivity index (χ0v) is 36.8. The quantitative estimate of drug-likeness (QED) is 0.0750. The lowest BCUT2D eigenvalue weighted by Crippen LogP contribution is -2.46. The van der Waals surface area contributed by atoms with E-state index in [0.29, 0.717) is 30.1 Å². The van der Waals surface area contributed by atoms with E-state index in [9.17, 15) is 19.5 Å². The van der Waals surface area contributed by atoms with E-state index in [4.69, 9.17) is 23.9 Å². The van der Waals surface area contributed by atoms with E-state index < -0.39 is 30.5 Å². The molecule has 15 nitrogen and oxygen atoms in total. The van der Waals surface area contributed by atoms with Crippen molar-refractivity contribution in [3.63, 3.8) is 0 Å². The number of hydrogen-bond acceptors (Lipinski definition) is 10. The number of H-pyrrole nitrogens is 2. The Kier molecular flexibility index (Phi) is 12.7. The van der Waals surface area contributed by atoms with Crippen LogP contribution in [0.3, 0.4) is 0 Å². The molecule has 3 amide bonds. The van der Waals surface area contributed by atoms with Crippen LogP contribution in [-0.2, 0) is 20.7 Å². The van der Waals surface area contributed by atoms with Gasteiger partial charge in [-0.3, -0.25) is 9.69 Å². The van der Waals surface area contributed by atoms with Crippen LogP contribution in [0.5, 0.6) is 0 Å². The van der Waals surface area contributed by atoms with Gasteiger partial charge in [0.25, 0.3) is 0 Å². The highest BCUT2D eigenvalue weighted by atomic mass is 16.5. The summed E-state index contributed by atoms with van der Waals surface area (Å²) in [5.74, 6) is 1.15. The highest BCUT2D eigenvalue weighted by molar-refractivity contribution is 5.88. The Bertz CT molecular complexity index is 2720. The third kappa shape index (κ3) is 8.93. The molecular formula is C50H54N8O7. The van der Waals surface area contributed by atoms with E-state index in [1.807, 2.05) is 88.7 Å². The number of imidazole rings is 1. The van der Waals surface area contributed by atoms with Crippen LogP contribution in [0.1, 0.15) is 109 Å². The highest BCUT2D eigenvalue weighted by Crippen LogP contribution is 2.40.